The molecule has 1 aliphatic heterocycles. The fourth-order valence-corrected chi connectivity index (χ4v) is 2.32. The van der Waals surface area contributed by atoms with E-state index in [9.17, 15) is 4.79 Å². The van der Waals surface area contributed by atoms with Crippen LogP contribution < -0.4 is 5.32 Å². The van der Waals surface area contributed by atoms with Crippen LogP contribution in [0.15, 0.2) is 0 Å². The molecule has 0 amide bonds. The number of esters is 1. The van der Waals surface area contributed by atoms with Crippen molar-refractivity contribution in [3.8, 4) is 0 Å². The van der Waals surface area contributed by atoms with Gasteiger partial charge in [0.25, 0.3) is 0 Å². The molecule has 0 spiro atoms. The van der Waals surface area contributed by atoms with Crippen LogP contribution in [-0.4, -0.2) is 37.2 Å². The van der Waals surface area contributed by atoms with Crippen molar-refractivity contribution in [3.63, 3.8) is 0 Å². The van der Waals surface area contributed by atoms with E-state index in [0.29, 0.717) is 11.7 Å². The highest BCUT2D eigenvalue weighted by Gasteiger charge is 2.14. The van der Waals surface area contributed by atoms with Crippen LogP contribution in [0.25, 0.3) is 0 Å². The van der Waals surface area contributed by atoms with Crippen LogP contribution in [-0.2, 0) is 9.53 Å². The first-order valence-electron chi connectivity index (χ1n) is 4.22. The maximum Gasteiger partial charge on any atom is 0.306 e. The van der Waals surface area contributed by atoms with Gasteiger partial charge in [0.2, 0.25) is 0 Å². The average molecular weight is 189 g/mol. The molecule has 0 unspecified atom stereocenters. The van der Waals surface area contributed by atoms with Crippen molar-refractivity contribution in [3.05, 3.63) is 0 Å². The van der Waals surface area contributed by atoms with E-state index in [-0.39, 0.29) is 5.97 Å². The van der Waals surface area contributed by atoms with E-state index in [2.05, 4.69) is 10.1 Å². The van der Waals surface area contributed by atoms with Crippen molar-refractivity contribution in [1.29, 1.82) is 0 Å². The Morgan fingerprint density at radius 1 is 1.75 bits per heavy atom. The molecule has 70 valence electrons. The van der Waals surface area contributed by atoms with E-state index >= 15 is 0 Å². The van der Waals surface area contributed by atoms with E-state index in [1.807, 2.05) is 11.8 Å². The SMILES string of the molecule is COC(=O)CCS[C@@H]1CCNC1. The summed E-state index contributed by atoms with van der Waals surface area (Å²) in [5.41, 5.74) is 0. The zero-order chi connectivity index (χ0) is 8.81. The van der Waals surface area contributed by atoms with Gasteiger partial charge in [0.05, 0.1) is 13.5 Å². The fourth-order valence-electron chi connectivity index (χ4n) is 1.18. The van der Waals surface area contributed by atoms with Crippen molar-refractivity contribution < 1.29 is 9.53 Å². The van der Waals surface area contributed by atoms with E-state index in [0.717, 1.165) is 18.8 Å². The average Bonchev–Trinajstić information content (AvgIpc) is 2.57. The van der Waals surface area contributed by atoms with Crippen LogP contribution in [0.4, 0.5) is 0 Å². The van der Waals surface area contributed by atoms with Gasteiger partial charge < -0.3 is 10.1 Å². The standard InChI is InChI=1S/C8H15NO2S/c1-11-8(10)3-5-12-7-2-4-9-6-7/h7,9H,2-6H2,1H3/t7-/m1/s1. The molecule has 0 aromatic rings. The molecule has 0 aromatic heterocycles. The van der Waals surface area contributed by atoms with Gasteiger partial charge in [-0.3, -0.25) is 4.79 Å². The lowest BCUT2D eigenvalue weighted by Gasteiger charge is -2.06. The molecule has 1 saturated heterocycles. The second-order valence-electron chi connectivity index (χ2n) is 2.81. The predicted octanol–water partition coefficient (Wildman–Crippen LogP) is 0.645. The summed E-state index contributed by atoms with van der Waals surface area (Å²) in [6.07, 6.45) is 1.77. The summed E-state index contributed by atoms with van der Waals surface area (Å²) in [4.78, 5) is 10.7. The molecule has 0 saturated carbocycles. The second kappa shape index (κ2) is 5.43. The number of carbonyl (C=O) groups excluding carboxylic acids is 1. The van der Waals surface area contributed by atoms with Crippen LogP contribution in [0.2, 0.25) is 0 Å². The summed E-state index contributed by atoms with van der Waals surface area (Å²) < 4.78 is 4.55. The Labute approximate surface area is 77.2 Å². The van der Waals surface area contributed by atoms with Gasteiger partial charge in [0.15, 0.2) is 0 Å². The first-order chi connectivity index (χ1) is 5.83. The molecule has 1 heterocycles. The van der Waals surface area contributed by atoms with E-state index in [4.69, 9.17) is 0 Å². The van der Waals surface area contributed by atoms with Crippen molar-refractivity contribution in [2.75, 3.05) is 26.0 Å². The Hall–Kier alpha value is -0.220. The summed E-state index contributed by atoms with van der Waals surface area (Å²) in [5.74, 6) is 0.785. The molecule has 1 fully saturated rings. The summed E-state index contributed by atoms with van der Waals surface area (Å²) >= 11 is 1.86. The molecule has 0 radical (unpaired) electrons. The van der Waals surface area contributed by atoms with Crippen LogP contribution in [0, 0.1) is 0 Å². The lowest BCUT2D eigenvalue weighted by Crippen LogP contribution is -2.11. The molecule has 0 aliphatic carbocycles. The predicted molar refractivity (Wildman–Crippen MR) is 50.4 cm³/mol. The number of hydrogen-bond acceptors (Lipinski definition) is 4. The largest absolute Gasteiger partial charge is 0.469 e. The summed E-state index contributed by atoms with van der Waals surface area (Å²) in [6, 6.07) is 0. The number of rotatable bonds is 4. The lowest BCUT2D eigenvalue weighted by molar-refractivity contribution is -0.140. The number of nitrogens with one attached hydrogen (secondary N) is 1. The number of ether oxygens (including phenoxy) is 1. The van der Waals surface area contributed by atoms with E-state index < -0.39 is 0 Å². The second-order valence-corrected chi connectivity index (χ2v) is 4.22. The first kappa shape index (κ1) is 9.86. The monoisotopic (exact) mass is 189 g/mol. The van der Waals surface area contributed by atoms with Crippen LogP contribution in [0.5, 0.6) is 0 Å². The molecule has 4 heteroatoms. The normalized spacial score (nSPS) is 22.6. The number of thioether (sulfide) groups is 1. The quantitative estimate of drug-likeness (QED) is 0.659. The van der Waals surface area contributed by atoms with Crippen molar-refractivity contribution >= 4 is 17.7 Å². The van der Waals surface area contributed by atoms with Gasteiger partial charge in [-0.1, -0.05) is 0 Å². The van der Waals surface area contributed by atoms with E-state index in [1.54, 1.807) is 0 Å². The van der Waals surface area contributed by atoms with Crippen molar-refractivity contribution in [2.45, 2.75) is 18.1 Å². The summed E-state index contributed by atoms with van der Waals surface area (Å²) in [6.45, 7) is 2.21. The van der Waals surface area contributed by atoms with Crippen molar-refractivity contribution in [1.82, 2.24) is 5.32 Å². The van der Waals surface area contributed by atoms with Gasteiger partial charge in [0.1, 0.15) is 0 Å². The molecule has 1 N–H and O–H groups in total. The number of methoxy groups -OCH3 is 1. The molecular formula is C8H15NO2S. The van der Waals surface area contributed by atoms with Crippen molar-refractivity contribution in [2.24, 2.45) is 0 Å². The highest BCUT2D eigenvalue weighted by Crippen LogP contribution is 2.17. The highest BCUT2D eigenvalue weighted by molar-refractivity contribution is 7.99. The zero-order valence-electron chi connectivity index (χ0n) is 7.34. The Kier molecular flexibility index (Phi) is 4.46. The maximum atomic E-state index is 10.7. The number of carbonyl (C=O) groups is 1. The first-order valence-corrected chi connectivity index (χ1v) is 5.27. The Morgan fingerprint density at radius 2 is 2.58 bits per heavy atom. The lowest BCUT2D eigenvalue weighted by atomic mass is 10.4. The highest BCUT2D eigenvalue weighted by atomic mass is 32.2. The smallest absolute Gasteiger partial charge is 0.306 e. The minimum Gasteiger partial charge on any atom is -0.469 e. The van der Waals surface area contributed by atoms with Crippen LogP contribution in [0.1, 0.15) is 12.8 Å². The molecule has 3 nitrogen and oxygen atoms in total. The molecule has 12 heavy (non-hydrogen) atoms. The minimum atomic E-state index is -0.103. The fraction of sp³-hybridized carbons (Fsp3) is 0.875. The van der Waals surface area contributed by atoms with Gasteiger partial charge in [-0.25, -0.2) is 0 Å². The Bertz CT molecular complexity index is 146. The number of hydrogen-bond donors (Lipinski definition) is 1. The molecular weight excluding hydrogens is 174 g/mol. The van der Waals surface area contributed by atoms with Gasteiger partial charge in [-0.2, -0.15) is 11.8 Å². The van der Waals surface area contributed by atoms with Gasteiger partial charge in [-0.05, 0) is 13.0 Å². The molecule has 1 atom stereocenters. The third-order valence-electron chi connectivity index (χ3n) is 1.90. The zero-order valence-corrected chi connectivity index (χ0v) is 8.15. The Balaban J connectivity index is 1.97. The van der Waals surface area contributed by atoms with Gasteiger partial charge in [0, 0.05) is 17.5 Å². The molecule has 1 aliphatic rings. The van der Waals surface area contributed by atoms with E-state index in [1.165, 1.54) is 13.5 Å². The summed E-state index contributed by atoms with van der Waals surface area (Å²) in [7, 11) is 1.43. The topological polar surface area (TPSA) is 38.3 Å². The molecule has 0 aromatic carbocycles. The molecule has 1 rings (SSSR count). The third-order valence-corrected chi connectivity index (χ3v) is 3.22. The maximum absolute atomic E-state index is 10.7. The summed E-state index contributed by atoms with van der Waals surface area (Å²) in [5, 5.41) is 3.99. The van der Waals surface area contributed by atoms with Gasteiger partial charge >= 0.3 is 5.97 Å². The molecule has 0 bridgehead atoms. The van der Waals surface area contributed by atoms with Crippen LogP contribution >= 0.6 is 11.8 Å². The third kappa shape index (κ3) is 3.45. The van der Waals surface area contributed by atoms with Gasteiger partial charge in [-0.15, -0.1) is 0 Å². The Morgan fingerprint density at radius 3 is 3.17 bits per heavy atom. The van der Waals surface area contributed by atoms with Crippen LogP contribution in [0.3, 0.4) is 0 Å². The minimum absolute atomic E-state index is 0.103.